The lowest BCUT2D eigenvalue weighted by atomic mass is 10.4. The van der Waals surface area contributed by atoms with Gasteiger partial charge in [0, 0.05) is 10.7 Å². The maximum absolute atomic E-state index is 12.2. The highest BCUT2D eigenvalue weighted by molar-refractivity contribution is 8.13. The fourth-order valence-corrected chi connectivity index (χ4v) is 1.77. The highest BCUT2D eigenvalue weighted by Crippen LogP contribution is 2.40. The number of rotatable bonds is 4. The van der Waals surface area contributed by atoms with Gasteiger partial charge in [-0.25, -0.2) is 8.42 Å². The minimum absolute atomic E-state index is 0.228. The van der Waals surface area contributed by atoms with Crippen molar-refractivity contribution in [2.24, 2.45) is 0 Å². The Balaban J connectivity index is 3.61. The van der Waals surface area contributed by atoms with Crippen LogP contribution in [0.15, 0.2) is 11.1 Å². The molecule has 0 bridgehead atoms. The summed E-state index contributed by atoms with van der Waals surface area (Å²) in [7, 11) is 1.23. The number of halogens is 4. The molecule has 0 fully saturated rings. The molecular formula is C7H4ClF3N2O6S. The van der Waals surface area contributed by atoms with Crippen LogP contribution in [0.4, 0.5) is 18.9 Å². The van der Waals surface area contributed by atoms with E-state index >= 15 is 0 Å². The summed E-state index contributed by atoms with van der Waals surface area (Å²) in [5.41, 5.74) is -1.31. The van der Waals surface area contributed by atoms with Crippen molar-refractivity contribution in [3.63, 3.8) is 0 Å². The first-order valence-corrected chi connectivity index (χ1v) is 6.70. The molecule has 0 aliphatic rings. The number of alkyl halides is 3. The van der Waals surface area contributed by atoms with E-state index in [4.69, 9.17) is 10.7 Å². The first kappa shape index (κ1) is 16.2. The summed E-state index contributed by atoms with van der Waals surface area (Å²) in [5.74, 6) is -2.43. The Hall–Kier alpha value is -1.82. The van der Waals surface area contributed by atoms with Crippen molar-refractivity contribution in [3.05, 3.63) is 16.2 Å². The molecule has 20 heavy (non-hydrogen) atoms. The topological polar surface area (TPSA) is 109 Å². The molecule has 0 amide bonds. The number of aromatic nitrogens is 1. The van der Waals surface area contributed by atoms with Crippen LogP contribution in [0, 0.1) is 10.1 Å². The van der Waals surface area contributed by atoms with Gasteiger partial charge in [0.2, 0.25) is 0 Å². The van der Waals surface area contributed by atoms with Gasteiger partial charge in [-0.15, -0.1) is 13.2 Å². The van der Waals surface area contributed by atoms with Gasteiger partial charge in [0.25, 0.3) is 20.7 Å². The number of methoxy groups -OCH3 is 1. The number of hydrogen-bond donors (Lipinski definition) is 0. The largest absolute Gasteiger partial charge is 0.573 e. The van der Waals surface area contributed by atoms with E-state index in [0.717, 1.165) is 7.11 Å². The average Bonchev–Trinajstić information content (AvgIpc) is 2.25. The zero-order valence-electron chi connectivity index (χ0n) is 9.34. The molecule has 1 rings (SSSR count). The quantitative estimate of drug-likeness (QED) is 0.468. The van der Waals surface area contributed by atoms with E-state index < -0.39 is 42.7 Å². The van der Waals surface area contributed by atoms with Gasteiger partial charge in [-0.05, 0) is 0 Å². The van der Waals surface area contributed by atoms with E-state index in [1.54, 1.807) is 0 Å². The van der Waals surface area contributed by atoms with Crippen LogP contribution in [0.2, 0.25) is 0 Å². The highest BCUT2D eigenvalue weighted by Gasteiger charge is 2.38. The lowest BCUT2D eigenvalue weighted by Gasteiger charge is -2.12. The molecule has 1 aromatic heterocycles. The lowest BCUT2D eigenvalue weighted by Crippen LogP contribution is -2.19. The normalized spacial score (nSPS) is 12.1. The summed E-state index contributed by atoms with van der Waals surface area (Å²) < 4.78 is 66.3. The van der Waals surface area contributed by atoms with Gasteiger partial charge in [-0.1, -0.05) is 0 Å². The minimum Gasteiger partial charge on any atom is -0.478 e. The Morgan fingerprint density at radius 3 is 2.35 bits per heavy atom. The van der Waals surface area contributed by atoms with Crippen LogP contribution in [0.1, 0.15) is 0 Å². The molecule has 0 saturated carbocycles. The third-order valence-corrected chi connectivity index (χ3v) is 2.94. The summed E-state index contributed by atoms with van der Waals surface area (Å²) in [6.07, 6.45) is -5.26. The standard InChI is InChI=1S/C7H4ClF3N2O6S/c1-18-6-5(19-7(9,10)11)3(13(14)15)2-4(12-6)20(8,16)17/h2H,1H3. The second kappa shape index (κ2) is 5.28. The summed E-state index contributed by atoms with van der Waals surface area (Å²) in [4.78, 5) is 12.5. The molecule has 8 nitrogen and oxygen atoms in total. The maximum atomic E-state index is 12.2. The van der Waals surface area contributed by atoms with Gasteiger partial charge in [0.15, 0.2) is 5.03 Å². The van der Waals surface area contributed by atoms with E-state index in [1.165, 1.54) is 0 Å². The van der Waals surface area contributed by atoms with Crippen molar-refractivity contribution in [1.82, 2.24) is 4.98 Å². The summed E-state index contributed by atoms with van der Waals surface area (Å²) in [6, 6.07) is 0.228. The fraction of sp³-hybridized carbons (Fsp3) is 0.286. The molecule has 0 atom stereocenters. The highest BCUT2D eigenvalue weighted by atomic mass is 35.7. The average molecular weight is 337 g/mol. The third kappa shape index (κ3) is 3.84. The van der Waals surface area contributed by atoms with Crippen LogP contribution in [-0.4, -0.2) is 31.8 Å². The Bertz CT molecular complexity index is 647. The van der Waals surface area contributed by atoms with Crippen LogP contribution in [-0.2, 0) is 9.05 Å². The second-order valence-electron chi connectivity index (χ2n) is 3.06. The lowest BCUT2D eigenvalue weighted by molar-refractivity contribution is -0.389. The zero-order valence-corrected chi connectivity index (χ0v) is 10.9. The van der Waals surface area contributed by atoms with Gasteiger partial charge in [0.1, 0.15) is 0 Å². The summed E-state index contributed by atoms with van der Waals surface area (Å²) >= 11 is 0. The molecule has 0 radical (unpaired) electrons. The zero-order chi connectivity index (χ0) is 15.7. The van der Waals surface area contributed by atoms with Gasteiger partial charge < -0.3 is 9.47 Å². The molecule has 0 aliphatic carbocycles. The molecule has 0 N–H and O–H groups in total. The number of pyridine rings is 1. The van der Waals surface area contributed by atoms with Crippen molar-refractivity contribution in [2.75, 3.05) is 7.11 Å². The molecular weight excluding hydrogens is 333 g/mol. The molecule has 0 aromatic carbocycles. The van der Waals surface area contributed by atoms with E-state index in [-0.39, 0.29) is 6.07 Å². The van der Waals surface area contributed by atoms with Crippen molar-refractivity contribution in [3.8, 4) is 11.6 Å². The Morgan fingerprint density at radius 2 is 2.00 bits per heavy atom. The van der Waals surface area contributed by atoms with Gasteiger partial charge in [-0.2, -0.15) is 4.98 Å². The molecule has 1 aromatic rings. The van der Waals surface area contributed by atoms with E-state index in [9.17, 15) is 31.7 Å². The number of hydrogen-bond acceptors (Lipinski definition) is 7. The van der Waals surface area contributed by atoms with Crippen molar-refractivity contribution < 1.29 is 36.0 Å². The molecule has 13 heteroatoms. The molecule has 0 aliphatic heterocycles. The first-order chi connectivity index (χ1) is 8.95. The van der Waals surface area contributed by atoms with Crippen LogP contribution in [0.25, 0.3) is 0 Å². The predicted molar refractivity (Wildman–Crippen MR) is 57.2 cm³/mol. The van der Waals surface area contributed by atoms with Crippen molar-refractivity contribution in [2.45, 2.75) is 11.4 Å². The Morgan fingerprint density at radius 1 is 1.45 bits per heavy atom. The van der Waals surface area contributed by atoms with Crippen LogP contribution in [0.3, 0.4) is 0 Å². The Labute approximate surface area is 113 Å². The number of ether oxygens (including phenoxy) is 2. The summed E-state index contributed by atoms with van der Waals surface area (Å²) in [6.45, 7) is 0. The van der Waals surface area contributed by atoms with Crippen molar-refractivity contribution >= 4 is 25.4 Å². The first-order valence-electron chi connectivity index (χ1n) is 4.39. The molecule has 0 unspecified atom stereocenters. The van der Waals surface area contributed by atoms with E-state index in [2.05, 4.69) is 14.5 Å². The minimum atomic E-state index is -5.26. The SMILES string of the molecule is COc1nc(S(=O)(=O)Cl)cc([N+](=O)[O-])c1OC(F)(F)F. The van der Waals surface area contributed by atoms with Gasteiger partial charge in [-0.3, -0.25) is 10.1 Å². The number of nitro groups is 1. The molecule has 112 valence electrons. The summed E-state index contributed by atoms with van der Waals surface area (Å²) in [5, 5.41) is 9.65. The monoisotopic (exact) mass is 336 g/mol. The van der Waals surface area contributed by atoms with Crippen molar-refractivity contribution in [1.29, 1.82) is 0 Å². The second-order valence-corrected chi connectivity index (χ2v) is 5.57. The molecule has 0 spiro atoms. The third-order valence-electron chi connectivity index (χ3n) is 1.76. The van der Waals surface area contributed by atoms with Gasteiger partial charge in [0.05, 0.1) is 18.1 Å². The van der Waals surface area contributed by atoms with Crippen LogP contribution in [0.5, 0.6) is 11.6 Å². The molecule has 0 saturated heterocycles. The fourth-order valence-electron chi connectivity index (χ4n) is 1.09. The number of nitrogens with zero attached hydrogens (tertiary/aromatic N) is 2. The van der Waals surface area contributed by atoms with E-state index in [1.807, 2.05) is 0 Å². The molecule has 1 heterocycles. The van der Waals surface area contributed by atoms with E-state index in [0.29, 0.717) is 0 Å². The predicted octanol–water partition coefficient (Wildman–Crippen LogP) is 1.82. The Kier molecular flexibility index (Phi) is 4.29. The maximum Gasteiger partial charge on any atom is 0.573 e. The van der Waals surface area contributed by atoms with Crippen LogP contribution < -0.4 is 9.47 Å². The van der Waals surface area contributed by atoms with Crippen LogP contribution >= 0.6 is 10.7 Å². The van der Waals surface area contributed by atoms with Gasteiger partial charge >= 0.3 is 12.0 Å². The smallest absolute Gasteiger partial charge is 0.478 e.